The number of hydrazone groups is 1. The highest BCUT2D eigenvalue weighted by Gasteiger charge is 2.08. The Labute approximate surface area is 124 Å². The van der Waals surface area contributed by atoms with E-state index in [-0.39, 0.29) is 0 Å². The maximum Gasteiger partial charge on any atom is 0.338 e. The molecule has 5 nitrogen and oxygen atoms in total. The lowest BCUT2D eigenvalue weighted by Crippen LogP contribution is -2.32. The molecule has 0 radical (unpaired) electrons. The molecule has 0 heterocycles. The van der Waals surface area contributed by atoms with E-state index < -0.39 is 5.97 Å². The molecule has 0 bridgehead atoms. The summed E-state index contributed by atoms with van der Waals surface area (Å²) in [6.45, 7) is 2.93. The topological polar surface area (TPSA) is 62.7 Å². The van der Waals surface area contributed by atoms with E-state index in [9.17, 15) is 4.79 Å². The summed E-state index contributed by atoms with van der Waals surface area (Å²) in [5.41, 5.74) is 3.84. The predicted octanol–water partition coefficient (Wildman–Crippen LogP) is 2.07. The molecule has 6 heteroatoms. The smallest absolute Gasteiger partial charge is 0.338 e. The first-order chi connectivity index (χ1) is 9.69. The van der Waals surface area contributed by atoms with Gasteiger partial charge in [-0.25, -0.2) is 4.79 Å². The van der Waals surface area contributed by atoms with Crippen molar-refractivity contribution in [2.75, 3.05) is 13.7 Å². The van der Waals surface area contributed by atoms with Crippen LogP contribution in [0.15, 0.2) is 29.4 Å². The van der Waals surface area contributed by atoms with E-state index in [1.807, 2.05) is 6.07 Å². The van der Waals surface area contributed by atoms with Crippen molar-refractivity contribution in [3.05, 3.63) is 35.4 Å². The van der Waals surface area contributed by atoms with E-state index in [0.717, 1.165) is 19.4 Å². The number of thiocarbonyl (C=S) groups is 1. The molecule has 1 rings (SSSR count). The van der Waals surface area contributed by atoms with Gasteiger partial charge in [-0.05, 0) is 24.7 Å². The molecule has 0 spiro atoms. The fourth-order valence-corrected chi connectivity index (χ4v) is 1.64. The predicted molar refractivity (Wildman–Crippen MR) is 84.0 cm³/mol. The van der Waals surface area contributed by atoms with Gasteiger partial charge in [0.25, 0.3) is 0 Å². The van der Waals surface area contributed by atoms with Crippen LogP contribution in [0.5, 0.6) is 0 Å². The quantitative estimate of drug-likeness (QED) is 0.276. The highest BCUT2D eigenvalue weighted by molar-refractivity contribution is 7.80. The average molecular weight is 293 g/mol. The molecule has 0 aliphatic heterocycles. The minimum Gasteiger partial charge on any atom is -0.465 e. The summed E-state index contributed by atoms with van der Waals surface area (Å²) in [4.78, 5) is 11.6. The van der Waals surface area contributed by atoms with Crippen molar-refractivity contribution in [2.45, 2.75) is 19.8 Å². The van der Waals surface area contributed by atoms with Crippen molar-refractivity contribution in [1.29, 1.82) is 0 Å². The number of unbranched alkanes of at least 4 members (excludes halogenated alkanes) is 1. The number of carbonyl (C=O) groups is 1. The Bertz CT molecular complexity index is 489. The van der Waals surface area contributed by atoms with Crippen LogP contribution < -0.4 is 10.7 Å². The van der Waals surface area contributed by atoms with Crippen LogP contribution in [0.4, 0.5) is 0 Å². The van der Waals surface area contributed by atoms with Gasteiger partial charge in [0.15, 0.2) is 5.11 Å². The molecular weight excluding hydrogens is 274 g/mol. The Morgan fingerprint density at radius 3 is 2.90 bits per heavy atom. The molecule has 0 aliphatic rings. The van der Waals surface area contributed by atoms with Crippen molar-refractivity contribution in [1.82, 2.24) is 10.7 Å². The molecule has 108 valence electrons. The van der Waals surface area contributed by atoms with E-state index in [1.165, 1.54) is 7.11 Å². The first kappa shape index (κ1) is 16.1. The third-order valence-corrected chi connectivity index (χ3v) is 2.79. The van der Waals surface area contributed by atoms with Gasteiger partial charge in [0.2, 0.25) is 0 Å². The Hall–Kier alpha value is -1.95. The van der Waals surface area contributed by atoms with E-state index in [2.05, 4.69) is 22.8 Å². The monoisotopic (exact) mass is 293 g/mol. The summed E-state index contributed by atoms with van der Waals surface area (Å²) in [6, 6.07) is 7.07. The first-order valence-electron chi connectivity index (χ1n) is 6.43. The molecule has 0 saturated heterocycles. The summed E-state index contributed by atoms with van der Waals surface area (Å²) >= 11 is 5.06. The second-order valence-electron chi connectivity index (χ2n) is 4.06. The molecule has 0 saturated carbocycles. The molecule has 0 unspecified atom stereocenters. The summed E-state index contributed by atoms with van der Waals surface area (Å²) in [5.74, 6) is -0.393. The fraction of sp³-hybridized carbons (Fsp3) is 0.357. The Morgan fingerprint density at radius 1 is 1.45 bits per heavy atom. The summed E-state index contributed by atoms with van der Waals surface area (Å²) in [5, 5.41) is 7.51. The maximum atomic E-state index is 11.6. The number of nitrogens with one attached hydrogen (secondary N) is 2. The van der Waals surface area contributed by atoms with Crippen molar-refractivity contribution in [3.8, 4) is 0 Å². The van der Waals surface area contributed by atoms with E-state index in [0.29, 0.717) is 16.2 Å². The van der Waals surface area contributed by atoms with Gasteiger partial charge in [0.1, 0.15) is 0 Å². The van der Waals surface area contributed by atoms with Crippen LogP contribution >= 0.6 is 12.2 Å². The second-order valence-corrected chi connectivity index (χ2v) is 4.47. The zero-order valence-corrected chi connectivity index (χ0v) is 12.5. The Balaban J connectivity index is 2.58. The van der Waals surface area contributed by atoms with Crippen molar-refractivity contribution in [2.24, 2.45) is 5.10 Å². The molecular formula is C14H19N3O2S. The molecule has 0 aliphatic carbocycles. The number of nitrogens with zero attached hydrogens (tertiary/aromatic N) is 1. The van der Waals surface area contributed by atoms with Crippen LogP contribution in [0, 0.1) is 0 Å². The molecule has 0 fully saturated rings. The molecule has 2 N–H and O–H groups in total. The number of benzene rings is 1. The van der Waals surface area contributed by atoms with Gasteiger partial charge in [-0.15, -0.1) is 0 Å². The molecule has 0 aromatic heterocycles. The lowest BCUT2D eigenvalue weighted by atomic mass is 10.1. The van der Waals surface area contributed by atoms with Crippen LogP contribution in [0.3, 0.4) is 0 Å². The minimum atomic E-state index is -0.393. The van der Waals surface area contributed by atoms with Gasteiger partial charge in [-0.2, -0.15) is 5.10 Å². The summed E-state index contributed by atoms with van der Waals surface area (Å²) < 4.78 is 4.71. The third kappa shape index (κ3) is 5.36. The normalized spacial score (nSPS) is 10.3. The van der Waals surface area contributed by atoms with Gasteiger partial charge in [0.05, 0.1) is 18.9 Å². The zero-order chi connectivity index (χ0) is 14.8. The van der Waals surface area contributed by atoms with Gasteiger partial charge < -0.3 is 10.1 Å². The zero-order valence-electron chi connectivity index (χ0n) is 11.7. The largest absolute Gasteiger partial charge is 0.465 e. The van der Waals surface area contributed by atoms with Crippen LogP contribution in [-0.2, 0) is 4.74 Å². The second kappa shape index (κ2) is 9.03. The number of hydrogen-bond donors (Lipinski definition) is 2. The van der Waals surface area contributed by atoms with E-state index in [4.69, 9.17) is 17.0 Å². The number of carbonyl (C=O) groups excluding carboxylic acids is 1. The molecule has 0 amide bonds. The fourth-order valence-electron chi connectivity index (χ4n) is 1.48. The van der Waals surface area contributed by atoms with Crippen molar-refractivity contribution in [3.63, 3.8) is 0 Å². The highest BCUT2D eigenvalue weighted by Crippen LogP contribution is 2.07. The Morgan fingerprint density at radius 2 is 2.20 bits per heavy atom. The van der Waals surface area contributed by atoms with Gasteiger partial charge >= 0.3 is 5.97 Å². The standard InChI is InChI=1S/C14H19N3O2S/c1-3-4-9-15-14(20)17-16-10-11-7-5-6-8-12(11)13(18)19-2/h5-8,10H,3-4,9H2,1-2H3,(H2,15,17,20)/b16-10-. The van der Waals surface area contributed by atoms with Crippen LogP contribution in [-0.4, -0.2) is 31.0 Å². The number of ether oxygens (including phenoxy) is 1. The lowest BCUT2D eigenvalue weighted by Gasteiger charge is -2.06. The van der Waals surface area contributed by atoms with E-state index >= 15 is 0 Å². The van der Waals surface area contributed by atoms with Crippen LogP contribution in [0.2, 0.25) is 0 Å². The number of methoxy groups -OCH3 is 1. The van der Waals surface area contributed by atoms with Crippen LogP contribution in [0.1, 0.15) is 35.7 Å². The molecule has 1 aromatic rings. The molecule has 20 heavy (non-hydrogen) atoms. The highest BCUT2D eigenvalue weighted by atomic mass is 32.1. The average Bonchev–Trinajstić information content (AvgIpc) is 2.47. The Kier molecular flexibility index (Phi) is 7.27. The lowest BCUT2D eigenvalue weighted by molar-refractivity contribution is 0.0600. The van der Waals surface area contributed by atoms with Gasteiger partial charge in [-0.1, -0.05) is 31.5 Å². The minimum absolute atomic E-state index is 0.393. The van der Waals surface area contributed by atoms with Gasteiger partial charge in [-0.3, -0.25) is 5.43 Å². The first-order valence-corrected chi connectivity index (χ1v) is 6.84. The number of rotatable bonds is 6. The SMILES string of the molecule is CCCCNC(=S)N/N=C\c1ccccc1C(=O)OC. The van der Waals surface area contributed by atoms with Crippen LogP contribution in [0.25, 0.3) is 0 Å². The van der Waals surface area contributed by atoms with E-state index in [1.54, 1.807) is 24.4 Å². The van der Waals surface area contributed by atoms with Crippen molar-refractivity contribution < 1.29 is 9.53 Å². The third-order valence-electron chi connectivity index (χ3n) is 2.55. The number of hydrogen-bond acceptors (Lipinski definition) is 4. The molecule has 1 aromatic carbocycles. The van der Waals surface area contributed by atoms with Crippen molar-refractivity contribution >= 4 is 29.5 Å². The summed E-state index contributed by atoms with van der Waals surface area (Å²) in [7, 11) is 1.35. The summed E-state index contributed by atoms with van der Waals surface area (Å²) in [6.07, 6.45) is 3.70. The maximum absolute atomic E-state index is 11.6. The van der Waals surface area contributed by atoms with Gasteiger partial charge in [0, 0.05) is 12.1 Å². The number of esters is 1. The molecule has 0 atom stereocenters.